The number of rotatable bonds is 4. The van der Waals surface area contributed by atoms with E-state index in [9.17, 15) is 8.42 Å². The summed E-state index contributed by atoms with van der Waals surface area (Å²) in [6.07, 6.45) is 5.37. The summed E-state index contributed by atoms with van der Waals surface area (Å²) in [6, 6.07) is 0.529. The molecule has 0 aromatic heterocycles. The van der Waals surface area contributed by atoms with Gasteiger partial charge in [-0.3, -0.25) is 4.99 Å². The Bertz CT molecular complexity index is 414. The van der Waals surface area contributed by atoms with Gasteiger partial charge >= 0.3 is 0 Å². The third kappa shape index (κ3) is 5.82. The molecule has 0 aromatic rings. The molecule has 0 unspecified atom stereocenters. The molecule has 1 saturated heterocycles. The molecule has 1 saturated carbocycles. The zero-order valence-electron chi connectivity index (χ0n) is 11.2. The second-order valence-corrected chi connectivity index (χ2v) is 7.23. The summed E-state index contributed by atoms with van der Waals surface area (Å²) in [4.78, 5) is 4.33. The van der Waals surface area contributed by atoms with Crippen LogP contribution >= 0.6 is 24.0 Å². The second-order valence-electron chi connectivity index (χ2n) is 5.25. The molecule has 2 rings (SSSR count). The number of piperidine rings is 1. The Morgan fingerprint density at radius 3 is 2.37 bits per heavy atom. The van der Waals surface area contributed by atoms with Crippen LogP contribution in [0.4, 0.5) is 0 Å². The number of halogens is 1. The SMILES string of the molecule is CS(=O)(=O)N1CCC(CN=C(N)NC2CC2)CC1.I. The average Bonchev–Trinajstić information content (AvgIpc) is 3.10. The van der Waals surface area contributed by atoms with Crippen LogP contribution in [0.15, 0.2) is 4.99 Å². The summed E-state index contributed by atoms with van der Waals surface area (Å²) in [6.45, 7) is 1.91. The minimum atomic E-state index is -3.03. The monoisotopic (exact) mass is 402 g/mol. The molecule has 0 amide bonds. The number of guanidine groups is 1. The zero-order valence-corrected chi connectivity index (χ0v) is 14.4. The van der Waals surface area contributed by atoms with Gasteiger partial charge < -0.3 is 11.1 Å². The van der Waals surface area contributed by atoms with Gasteiger partial charge in [-0.25, -0.2) is 12.7 Å². The molecule has 0 aromatic carbocycles. The lowest BCUT2D eigenvalue weighted by atomic mass is 9.98. The van der Waals surface area contributed by atoms with Gasteiger partial charge in [0.05, 0.1) is 6.26 Å². The van der Waals surface area contributed by atoms with Gasteiger partial charge in [-0.1, -0.05) is 0 Å². The molecule has 1 aliphatic heterocycles. The summed E-state index contributed by atoms with van der Waals surface area (Å²) >= 11 is 0. The Kier molecular flexibility index (Phi) is 6.31. The second kappa shape index (κ2) is 7.07. The molecule has 6 nitrogen and oxygen atoms in total. The highest BCUT2D eigenvalue weighted by Crippen LogP contribution is 2.20. The summed E-state index contributed by atoms with van der Waals surface area (Å²) in [7, 11) is -3.03. The molecule has 2 fully saturated rings. The van der Waals surface area contributed by atoms with Crippen LogP contribution in [0.5, 0.6) is 0 Å². The van der Waals surface area contributed by atoms with E-state index < -0.39 is 10.0 Å². The van der Waals surface area contributed by atoms with Crippen LogP contribution in [0.2, 0.25) is 0 Å². The summed E-state index contributed by atoms with van der Waals surface area (Å²) in [5.41, 5.74) is 5.76. The first-order valence-electron chi connectivity index (χ1n) is 6.47. The van der Waals surface area contributed by atoms with E-state index in [0.717, 1.165) is 12.8 Å². The van der Waals surface area contributed by atoms with E-state index in [0.29, 0.717) is 37.6 Å². The van der Waals surface area contributed by atoms with Gasteiger partial charge in [0, 0.05) is 25.7 Å². The molecule has 0 atom stereocenters. The highest BCUT2D eigenvalue weighted by molar-refractivity contribution is 14.0. The molecule has 0 radical (unpaired) electrons. The fourth-order valence-electron chi connectivity index (χ4n) is 2.13. The van der Waals surface area contributed by atoms with E-state index in [1.54, 1.807) is 4.31 Å². The van der Waals surface area contributed by atoms with Crippen LogP contribution in [0.1, 0.15) is 25.7 Å². The van der Waals surface area contributed by atoms with Crippen molar-refractivity contribution >= 4 is 40.0 Å². The van der Waals surface area contributed by atoms with Crippen LogP contribution in [0, 0.1) is 5.92 Å². The van der Waals surface area contributed by atoms with E-state index in [-0.39, 0.29) is 24.0 Å². The van der Waals surface area contributed by atoms with Gasteiger partial charge in [0.25, 0.3) is 0 Å². The average molecular weight is 402 g/mol. The number of hydrogen-bond donors (Lipinski definition) is 2. The van der Waals surface area contributed by atoms with E-state index in [1.165, 1.54) is 19.1 Å². The van der Waals surface area contributed by atoms with Crippen molar-refractivity contribution in [2.45, 2.75) is 31.7 Å². The number of nitrogens with zero attached hydrogens (tertiary/aromatic N) is 2. The standard InChI is InChI=1S/C11H22N4O2S.HI/c1-18(16,17)15-6-4-9(5-7-15)8-13-11(12)14-10-2-3-10;/h9-10H,2-8H2,1H3,(H3,12,13,14);1H. The third-order valence-electron chi connectivity index (χ3n) is 3.49. The first kappa shape index (κ1) is 17.0. The summed E-state index contributed by atoms with van der Waals surface area (Å²) in [5, 5.41) is 3.15. The van der Waals surface area contributed by atoms with Gasteiger partial charge in [0.15, 0.2) is 5.96 Å². The minimum absolute atomic E-state index is 0. The van der Waals surface area contributed by atoms with E-state index in [2.05, 4.69) is 10.3 Å². The van der Waals surface area contributed by atoms with E-state index >= 15 is 0 Å². The fraction of sp³-hybridized carbons (Fsp3) is 0.909. The van der Waals surface area contributed by atoms with Crippen molar-refractivity contribution in [2.24, 2.45) is 16.6 Å². The van der Waals surface area contributed by atoms with Crippen LogP contribution < -0.4 is 11.1 Å². The highest BCUT2D eigenvalue weighted by Gasteiger charge is 2.25. The minimum Gasteiger partial charge on any atom is -0.370 e. The molecule has 0 bridgehead atoms. The Morgan fingerprint density at radius 1 is 1.32 bits per heavy atom. The molecule has 8 heteroatoms. The molecule has 1 aliphatic carbocycles. The zero-order chi connectivity index (χ0) is 13.2. The van der Waals surface area contributed by atoms with E-state index in [4.69, 9.17) is 5.73 Å². The molecule has 2 aliphatic rings. The van der Waals surface area contributed by atoms with Crippen molar-refractivity contribution in [3.63, 3.8) is 0 Å². The van der Waals surface area contributed by atoms with Gasteiger partial charge in [0.2, 0.25) is 10.0 Å². The lowest BCUT2D eigenvalue weighted by Gasteiger charge is -2.29. The molecular weight excluding hydrogens is 379 g/mol. The number of nitrogens with one attached hydrogen (secondary N) is 1. The number of nitrogens with two attached hydrogens (primary N) is 1. The van der Waals surface area contributed by atoms with Crippen LogP contribution in [0.25, 0.3) is 0 Å². The molecule has 0 spiro atoms. The Hall–Kier alpha value is -0.0900. The molecule has 19 heavy (non-hydrogen) atoms. The number of hydrogen-bond acceptors (Lipinski definition) is 3. The molecule has 3 N–H and O–H groups in total. The quantitative estimate of drug-likeness (QED) is 0.404. The lowest BCUT2D eigenvalue weighted by Crippen LogP contribution is -2.39. The molecule has 112 valence electrons. The van der Waals surface area contributed by atoms with Crippen LogP contribution in [0.3, 0.4) is 0 Å². The normalized spacial score (nSPS) is 22.9. The molecule has 1 heterocycles. The van der Waals surface area contributed by atoms with Gasteiger partial charge in [-0.05, 0) is 31.6 Å². The highest BCUT2D eigenvalue weighted by atomic mass is 127. The first-order chi connectivity index (χ1) is 8.45. The maximum atomic E-state index is 11.4. The summed E-state index contributed by atoms with van der Waals surface area (Å²) < 4.78 is 24.3. The first-order valence-corrected chi connectivity index (χ1v) is 8.31. The van der Waals surface area contributed by atoms with E-state index in [1.807, 2.05) is 0 Å². The van der Waals surface area contributed by atoms with Gasteiger partial charge in [0.1, 0.15) is 0 Å². The lowest BCUT2D eigenvalue weighted by molar-refractivity contribution is 0.280. The van der Waals surface area contributed by atoms with Crippen molar-refractivity contribution in [3.05, 3.63) is 0 Å². The van der Waals surface area contributed by atoms with Crippen LogP contribution in [-0.2, 0) is 10.0 Å². The van der Waals surface area contributed by atoms with Crippen molar-refractivity contribution in [1.29, 1.82) is 0 Å². The van der Waals surface area contributed by atoms with Gasteiger partial charge in [-0.2, -0.15) is 0 Å². The largest absolute Gasteiger partial charge is 0.370 e. The Balaban J connectivity index is 0.00000180. The summed E-state index contributed by atoms with van der Waals surface area (Å²) in [5.74, 6) is 0.977. The maximum absolute atomic E-state index is 11.4. The predicted octanol–water partition coefficient (Wildman–Crippen LogP) is 0.343. The van der Waals surface area contributed by atoms with Crippen molar-refractivity contribution in [2.75, 3.05) is 25.9 Å². The van der Waals surface area contributed by atoms with Crippen LogP contribution in [-0.4, -0.2) is 50.6 Å². The Labute approximate surface area is 132 Å². The van der Waals surface area contributed by atoms with Crippen molar-refractivity contribution in [3.8, 4) is 0 Å². The Morgan fingerprint density at radius 2 is 1.89 bits per heavy atom. The fourth-order valence-corrected chi connectivity index (χ4v) is 3.01. The van der Waals surface area contributed by atoms with Crippen molar-refractivity contribution < 1.29 is 8.42 Å². The number of aliphatic imine (C=N–C) groups is 1. The number of sulfonamides is 1. The predicted molar refractivity (Wildman–Crippen MR) is 87.2 cm³/mol. The molecular formula is C11H23IN4O2S. The maximum Gasteiger partial charge on any atom is 0.211 e. The van der Waals surface area contributed by atoms with Crippen molar-refractivity contribution in [1.82, 2.24) is 9.62 Å². The smallest absolute Gasteiger partial charge is 0.211 e. The van der Waals surface area contributed by atoms with Gasteiger partial charge in [-0.15, -0.1) is 24.0 Å². The topological polar surface area (TPSA) is 87.8 Å². The third-order valence-corrected chi connectivity index (χ3v) is 4.79.